The Hall–Kier alpha value is -2.33. The van der Waals surface area contributed by atoms with Gasteiger partial charge in [0.2, 0.25) is 0 Å². The Morgan fingerprint density at radius 1 is 1.07 bits per heavy atom. The molecule has 2 aromatic rings. The van der Waals surface area contributed by atoms with Crippen LogP contribution < -0.4 is 14.4 Å². The number of piperazine rings is 1. The van der Waals surface area contributed by atoms with Crippen LogP contribution in [0.5, 0.6) is 11.5 Å². The van der Waals surface area contributed by atoms with E-state index in [0.29, 0.717) is 53.4 Å². The standard InChI is InChI=1S/C19H19Br2N3O5/c1-28-13-3-4-16(17(11-13)24(26)27)22-5-7-23(8-6-22)19(25)14-9-12(20)10-15(21)18(14)29-2/h3-4,9-11H,5-8H2,1-2H3. The van der Waals surface area contributed by atoms with E-state index >= 15 is 0 Å². The lowest BCUT2D eigenvalue weighted by Crippen LogP contribution is -2.49. The molecular weight excluding hydrogens is 510 g/mol. The molecule has 1 fully saturated rings. The van der Waals surface area contributed by atoms with Gasteiger partial charge in [-0.3, -0.25) is 14.9 Å². The number of anilines is 1. The largest absolute Gasteiger partial charge is 0.496 e. The second kappa shape index (κ2) is 9.00. The molecule has 0 N–H and O–H groups in total. The smallest absolute Gasteiger partial charge is 0.296 e. The SMILES string of the molecule is COc1ccc(N2CCN(C(=O)c3cc(Br)cc(Br)c3OC)CC2)c([N+](=O)[O-])c1. The molecule has 1 amide bonds. The molecule has 3 rings (SSSR count). The number of nitro benzene ring substituents is 1. The summed E-state index contributed by atoms with van der Waals surface area (Å²) >= 11 is 6.82. The number of hydrogen-bond donors (Lipinski definition) is 0. The summed E-state index contributed by atoms with van der Waals surface area (Å²) in [6.07, 6.45) is 0. The first-order chi connectivity index (χ1) is 13.8. The molecule has 2 aromatic carbocycles. The number of nitro groups is 1. The van der Waals surface area contributed by atoms with Gasteiger partial charge in [-0.2, -0.15) is 0 Å². The summed E-state index contributed by atoms with van der Waals surface area (Å²) in [6.45, 7) is 1.84. The lowest BCUT2D eigenvalue weighted by Gasteiger charge is -2.36. The molecule has 0 atom stereocenters. The van der Waals surface area contributed by atoms with Gasteiger partial charge < -0.3 is 19.3 Å². The van der Waals surface area contributed by atoms with Gasteiger partial charge in [0, 0.05) is 30.7 Å². The van der Waals surface area contributed by atoms with Crippen LogP contribution in [0.1, 0.15) is 10.4 Å². The maximum absolute atomic E-state index is 13.0. The molecule has 1 saturated heterocycles. The topological polar surface area (TPSA) is 85.2 Å². The van der Waals surface area contributed by atoms with Crippen molar-refractivity contribution in [3.63, 3.8) is 0 Å². The Morgan fingerprint density at radius 3 is 2.34 bits per heavy atom. The molecule has 0 aromatic heterocycles. The average Bonchev–Trinajstić information content (AvgIpc) is 2.72. The lowest BCUT2D eigenvalue weighted by atomic mass is 10.1. The quantitative estimate of drug-likeness (QED) is 0.429. The Morgan fingerprint density at radius 2 is 1.76 bits per heavy atom. The van der Waals surface area contributed by atoms with Crippen LogP contribution in [0.2, 0.25) is 0 Å². The zero-order valence-electron chi connectivity index (χ0n) is 15.9. The van der Waals surface area contributed by atoms with Gasteiger partial charge in [-0.1, -0.05) is 15.9 Å². The van der Waals surface area contributed by atoms with Crippen molar-refractivity contribution in [2.75, 3.05) is 45.3 Å². The minimum absolute atomic E-state index is 0.0123. The second-order valence-electron chi connectivity index (χ2n) is 6.36. The summed E-state index contributed by atoms with van der Waals surface area (Å²) in [5.41, 5.74) is 0.963. The van der Waals surface area contributed by atoms with E-state index in [1.807, 2.05) is 11.0 Å². The van der Waals surface area contributed by atoms with E-state index in [-0.39, 0.29) is 11.6 Å². The normalized spacial score (nSPS) is 13.9. The Kier molecular flexibility index (Phi) is 6.63. The van der Waals surface area contributed by atoms with Gasteiger partial charge in [0.1, 0.15) is 17.2 Å². The molecule has 0 spiro atoms. The maximum atomic E-state index is 13.0. The van der Waals surface area contributed by atoms with Crippen molar-refractivity contribution < 1.29 is 19.2 Å². The van der Waals surface area contributed by atoms with Gasteiger partial charge in [-0.15, -0.1) is 0 Å². The number of rotatable bonds is 5. The fraction of sp³-hybridized carbons (Fsp3) is 0.316. The molecule has 29 heavy (non-hydrogen) atoms. The van der Waals surface area contributed by atoms with E-state index in [0.717, 1.165) is 4.47 Å². The molecule has 0 radical (unpaired) electrons. The third-order valence-corrected chi connectivity index (χ3v) is 5.78. The van der Waals surface area contributed by atoms with Gasteiger partial charge in [-0.05, 0) is 40.2 Å². The Balaban J connectivity index is 1.78. The highest BCUT2D eigenvalue weighted by Gasteiger charge is 2.28. The summed E-state index contributed by atoms with van der Waals surface area (Å²) in [5.74, 6) is 0.765. The van der Waals surface area contributed by atoms with Gasteiger partial charge in [-0.25, -0.2) is 0 Å². The molecule has 0 aliphatic carbocycles. The van der Waals surface area contributed by atoms with Crippen molar-refractivity contribution in [2.45, 2.75) is 0 Å². The molecule has 0 saturated carbocycles. The molecule has 1 aliphatic heterocycles. The fourth-order valence-corrected chi connectivity index (χ4v) is 4.68. The summed E-state index contributed by atoms with van der Waals surface area (Å²) in [5, 5.41) is 11.5. The van der Waals surface area contributed by atoms with E-state index in [9.17, 15) is 14.9 Å². The van der Waals surface area contributed by atoms with Gasteiger partial charge in [0.25, 0.3) is 11.6 Å². The van der Waals surface area contributed by atoms with Crippen molar-refractivity contribution in [1.29, 1.82) is 0 Å². The first kappa shape index (κ1) is 21.4. The number of hydrogen-bond acceptors (Lipinski definition) is 6. The third kappa shape index (κ3) is 4.48. The van der Waals surface area contributed by atoms with Crippen LogP contribution in [0.15, 0.2) is 39.3 Å². The maximum Gasteiger partial charge on any atom is 0.296 e. The van der Waals surface area contributed by atoms with Crippen LogP contribution in [0.25, 0.3) is 0 Å². The van der Waals surface area contributed by atoms with Gasteiger partial charge >= 0.3 is 0 Å². The number of methoxy groups -OCH3 is 2. The second-order valence-corrected chi connectivity index (χ2v) is 8.13. The van der Waals surface area contributed by atoms with Crippen LogP contribution in [0, 0.1) is 10.1 Å². The molecular formula is C19H19Br2N3O5. The molecule has 10 heteroatoms. The van der Waals surface area contributed by atoms with Crippen LogP contribution in [0.3, 0.4) is 0 Å². The third-order valence-electron chi connectivity index (χ3n) is 4.73. The minimum Gasteiger partial charge on any atom is -0.496 e. The highest BCUT2D eigenvalue weighted by molar-refractivity contribution is 9.11. The molecule has 0 unspecified atom stereocenters. The minimum atomic E-state index is -0.417. The van der Waals surface area contributed by atoms with Crippen molar-refractivity contribution in [3.8, 4) is 11.5 Å². The lowest BCUT2D eigenvalue weighted by molar-refractivity contribution is -0.384. The Bertz CT molecular complexity index is 946. The number of carbonyl (C=O) groups is 1. The predicted molar refractivity (Wildman–Crippen MR) is 116 cm³/mol. The zero-order chi connectivity index (χ0) is 21.1. The van der Waals surface area contributed by atoms with Crippen molar-refractivity contribution in [2.24, 2.45) is 0 Å². The van der Waals surface area contributed by atoms with Gasteiger partial charge in [0.15, 0.2) is 0 Å². The van der Waals surface area contributed by atoms with Crippen molar-refractivity contribution in [1.82, 2.24) is 4.90 Å². The van der Waals surface area contributed by atoms with Crippen molar-refractivity contribution >= 4 is 49.1 Å². The van der Waals surface area contributed by atoms with Crippen LogP contribution >= 0.6 is 31.9 Å². The number of ether oxygens (including phenoxy) is 2. The van der Waals surface area contributed by atoms with Gasteiger partial charge in [0.05, 0.1) is 35.2 Å². The highest BCUT2D eigenvalue weighted by Crippen LogP contribution is 2.35. The predicted octanol–water partition coefficient (Wildman–Crippen LogP) is 4.10. The molecule has 0 bridgehead atoms. The number of halogens is 2. The molecule has 1 aliphatic rings. The fourth-order valence-electron chi connectivity index (χ4n) is 3.29. The van der Waals surface area contributed by atoms with Crippen LogP contribution in [0.4, 0.5) is 11.4 Å². The summed E-state index contributed by atoms with van der Waals surface area (Å²) in [4.78, 5) is 27.7. The number of benzene rings is 2. The van der Waals surface area contributed by atoms with E-state index in [4.69, 9.17) is 9.47 Å². The first-order valence-electron chi connectivity index (χ1n) is 8.75. The average molecular weight is 529 g/mol. The van der Waals surface area contributed by atoms with E-state index < -0.39 is 4.92 Å². The number of carbonyl (C=O) groups excluding carboxylic acids is 1. The molecule has 154 valence electrons. The summed E-state index contributed by atoms with van der Waals surface area (Å²) in [6, 6.07) is 8.34. The number of amides is 1. The van der Waals surface area contributed by atoms with Crippen molar-refractivity contribution in [3.05, 3.63) is 55.0 Å². The molecule has 8 nitrogen and oxygen atoms in total. The monoisotopic (exact) mass is 527 g/mol. The zero-order valence-corrected chi connectivity index (χ0v) is 19.0. The van der Waals surface area contributed by atoms with E-state index in [2.05, 4.69) is 31.9 Å². The van der Waals surface area contributed by atoms with Crippen LogP contribution in [-0.4, -0.2) is 56.1 Å². The first-order valence-corrected chi connectivity index (χ1v) is 10.3. The number of nitrogens with zero attached hydrogens (tertiary/aromatic N) is 3. The summed E-state index contributed by atoms with van der Waals surface area (Å²) in [7, 11) is 2.99. The Labute approximate surface area is 184 Å². The van der Waals surface area contributed by atoms with E-state index in [1.165, 1.54) is 20.3 Å². The van der Waals surface area contributed by atoms with E-state index in [1.54, 1.807) is 23.1 Å². The molecule has 1 heterocycles. The highest BCUT2D eigenvalue weighted by atomic mass is 79.9. The van der Waals surface area contributed by atoms with Crippen LogP contribution in [-0.2, 0) is 0 Å². The summed E-state index contributed by atoms with van der Waals surface area (Å²) < 4.78 is 11.9.